The molecule has 0 saturated heterocycles. The smallest absolute Gasteiger partial charge is 0.387 e. The fourth-order valence-electron chi connectivity index (χ4n) is 1.73. The van der Waals surface area contributed by atoms with Crippen molar-refractivity contribution in [2.45, 2.75) is 39.7 Å². The molecule has 0 aliphatic heterocycles. The van der Waals surface area contributed by atoms with Crippen molar-refractivity contribution < 1.29 is 13.5 Å². The number of hydrogen-bond acceptors (Lipinski definition) is 3. The molecule has 0 spiro atoms. The van der Waals surface area contributed by atoms with Crippen LogP contribution in [-0.2, 0) is 0 Å². The van der Waals surface area contributed by atoms with Crippen molar-refractivity contribution in [3.63, 3.8) is 0 Å². The molecule has 110 valence electrons. The van der Waals surface area contributed by atoms with E-state index in [1.807, 2.05) is 13.8 Å². The van der Waals surface area contributed by atoms with Crippen LogP contribution in [0.15, 0.2) is 24.3 Å². The number of benzene rings is 1. The van der Waals surface area contributed by atoms with Gasteiger partial charge >= 0.3 is 6.61 Å². The van der Waals surface area contributed by atoms with Crippen LogP contribution in [0, 0.1) is 16.7 Å². The highest BCUT2D eigenvalue weighted by molar-refractivity contribution is 5.46. The van der Waals surface area contributed by atoms with Gasteiger partial charge in [0, 0.05) is 12.2 Å². The molecule has 0 amide bonds. The quantitative estimate of drug-likeness (QED) is 0.718. The first-order valence-corrected chi connectivity index (χ1v) is 6.63. The van der Waals surface area contributed by atoms with Gasteiger partial charge in [0.15, 0.2) is 0 Å². The highest BCUT2D eigenvalue weighted by atomic mass is 19.3. The van der Waals surface area contributed by atoms with Gasteiger partial charge < -0.3 is 10.1 Å². The van der Waals surface area contributed by atoms with E-state index < -0.39 is 6.61 Å². The molecule has 0 atom stereocenters. The van der Waals surface area contributed by atoms with Gasteiger partial charge in [-0.25, -0.2) is 0 Å². The van der Waals surface area contributed by atoms with Crippen molar-refractivity contribution in [3.05, 3.63) is 24.3 Å². The van der Waals surface area contributed by atoms with Gasteiger partial charge in [-0.05, 0) is 51.0 Å². The SMILES string of the molecule is CC(C)(C#N)CCCCNc1ccc(OC(F)F)cc1. The topological polar surface area (TPSA) is 45.0 Å². The van der Waals surface area contributed by atoms with Crippen LogP contribution >= 0.6 is 0 Å². The van der Waals surface area contributed by atoms with Crippen molar-refractivity contribution in [3.8, 4) is 11.8 Å². The molecule has 0 aliphatic rings. The molecule has 0 unspecified atom stereocenters. The van der Waals surface area contributed by atoms with Gasteiger partial charge in [0.2, 0.25) is 0 Å². The van der Waals surface area contributed by atoms with E-state index in [4.69, 9.17) is 5.26 Å². The van der Waals surface area contributed by atoms with E-state index in [1.54, 1.807) is 12.1 Å². The maximum atomic E-state index is 12.0. The molecule has 0 bridgehead atoms. The van der Waals surface area contributed by atoms with Gasteiger partial charge in [0.1, 0.15) is 5.75 Å². The van der Waals surface area contributed by atoms with Gasteiger partial charge in [0.05, 0.1) is 11.5 Å². The molecule has 1 N–H and O–H groups in total. The second-order valence-corrected chi connectivity index (χ2v) is 5.28. The minimum Gasteiger partial charge on any atom is -0.435 e. The molecule has 0 aromatic heterocycles. The molecule has 20 heavy (non-hydrogen) atoms. The standard InChI is InChI=1S/C15H20F2N2O/c1-15(2,11-18)9-3-4-10-19-12-5-7-13(8-6-12)20-14(16)17/h5-8,14,19H,3-4,9-10H2,1-2H3. The first kappa shape index (κ1) is 16.2. The number of anilines is 1. The summed E-state index contributed by atoms with van der Waals surface area (Å²) < 4.78 is 28.2. The Labute approximate surface area is 118 Å². The summed E-state index contributed by atoms with van der Waals surface area (Å²) in [6, 6.07) is 8.70. The van der Waals surface area contributed by atoms with Crippen LogP contribution in [-0.4, -0.2) is 13.2 Å². The predicted octanol–water partition coefficient (Wildman–Crippen LogP) is 4.42. The molecule has 0 saturated carbocycles. The summed E-state index contributed by atoms with van der Waals surface area (Å²) in [6.07, 6.45) is 2.80. The second-order valence-electron chi connectivity index (χ2n) is 5.28. The maximum absolute atomic E-state index is 12.0. The van der Waals surface area contributed by atoms with Crippen LogP contribution in [0.3, 0.4) is 0 Å². The van der Waals surface area contributed by atoms with E-state index in [0.717, 1.165) is 31.5 Å². The minimum absolute atomic E-state index is 0.154. The fourth-order valence-corrected chi connectivity index (χ4v) is 1.73. The molecule has 5 heteroatoms. The van der Waals surface area contributed by atoms with Crippen molar-refractivity contribution >= 4 is 5.69 Å². The fraction of sp³-hybridized carbons (Fsp3) is 0.533. The zero-order valence-corrected chi connectivity index (χ0v) is 11.8. The summed E-state index contributed by atoms with van der Waals surface area (Å²) in [5, 5.41) is 12.1. The Morgan fingerprint density at radius 2 is 1.90 bits per heavy atom. The van der Waals surface area contributed by atoms with Crippen LogP contribution in [0.5, 0.6) is 5.75 Å². The minimum atomic E-state index is -2.79. The third kappa shape index (κ3) is 6.37. The van der Waals surface area contributed by atoms with Gasteiger partial charge in [-0.3, -0.25) is 0 Å². The number of nitrogens with zero attached hydrogens (tertiary/aromatic N) is 1. The number of alkyl halides is 2. The molecule has 0 radical (unpaired) electrons. The highest BCUT2D eigenvalue weighted by Crippen LogP contribution is 2.22. The van der Waals surface area contributed by atoms with Crippen molar-refractivity contribution in [2.24, 2.45) is 5.41 Å². The normalized spacial score (nSPS) is 11.2. The Morgan fingerprint density at radius 3 is 2.45 bits per heavy atom. The second kappa shape index (κ2) is 7.68. The van der Waals surface area contributed by atoms with E-state index in [-0.39, 0.29) is 11.2 Å². The van der Waals surface area contributed by atoms with Crippen molar-refractivity contribution in [1.82, 2.24) is 0 Å². The summed E-state index contributed by atoms with van der Waals surface area (Å²) in [6.45, 7) is 1.86. The zero-order chi connectivity index (χ0) is 15.0. The Kier molecular flexibility index (Phi) is 6.23. The monoisotopic (exact) mass is 282 g/mol. The molecule has 1 rings (SSSR count). The first-order valence-electron chi connectivity index (χ1n) is 6.63. The van der Waals surface area contributed by atoms with E-state index in [2.05, 4.69) is 16.1 Å². The van der Waals surface area contributed by atoms with E-state index >= 15 is 0 Å². The molecule has 1 aromatic rings. The summed E-state index contributed by atoms with van der Waals surface area (Å²) in [4.78, 5) is 0. The third-order valence-electron chi connectivity index (χ3n) is 2.94. The summed E-state index contributed by atoms with van der Waals surface area (Å²) >= 11 is 0. The zero-order valence-electron chi connectivity index (χ0n) is 11.8. The van der Waals surface area contributed by atoms with Gasteiger partial charge in [-0.1, -0.05) is 6.42 Å². The van der Waals surface area contributed by atoms with Gasteiger partial charge in [-0.2, -0.15) is 14.0 Å². The Morgan fingerprint density at radius 1 is 1.25 bits per heavy atom. The van der Waals surface area contributed by atoms with Crippen LogP contribution in [0.2, 0.25) is 0 Å². The molecular formula is C15H20F2N2O. The van der Waals surface area contributed by atoms with E-state index in [1.165, 1.54) is 12.1 Å². The summed E-state index contributed by atoms with van der Waals surface area (Å²) in [5.74, 6) is 0.154. The number of hydrogen-bond donors (Lipinski definition) is 1. The van der Waals surface area contributed by atoms with Crippen molar-refractivity contribution in [2.75, 3.05) is 11.9 Å². The lowest BCUT2D eigenvalue weighted by Gasteiger charge is -2.14. The number of rotatable bonds is 8. The molecule has 0 aliphatic carbocycles. The average Bonchev–Trinajstić information content (AvgIpc) is 2.39. The van der Waals surface area contributed by atoms with Crippen LogP contribution in [0.4, 0.5) is 14.5 Å². The van der Waals surface area contributed by atoms with Crippen LogP contribution < -0.4 is 10.1 Å². The van der Waals surface area contributed by atoms with Crippen LogP contribution in [0.1, 0.15) is 33.1 Å². The van der Waals surface area contributed by atoms with E-state index in [0.29, 0.717) is 0 Å². The van der Waals surface area contributed by atoms with Gasteiger partial charge in [0.25, 0.3) is 0 Å². The number of unbranched alkanes of at least 4 members (excludes halogenated alkanes) is 1. The highest BCUT2D eigenvalue weighted by Gasteiger charge is 2.15. The summed E-state index contributed by atoms with van der Waals surface area (Å²) in [7, 11) is 0. The lowest BCUT2D eigenvalue weighted by Crippen LogP contribution is -2.09. The Balaban J connectivity index is 2.24. The average molecular weight is 282 g/mol. The lowest BCUT2D eigenvalue weighted by atomic mass is 9.89. The number of nitriles is 1. The molecule has 0 heterocycles. The molecular weight excluding hydrogens is 262 g/mol. The summed E-state index contributed by atoms with van der Waals surface area (Å²) in [5.41, 5.74) is 0.597. The van der Waals surface area contributed by atoms with Gasteiger partial charge in [-0.15, -0.1) is 0 Å². The lowest BCUT2D eigenvalue weighted by molar-refractivity contribution is -0.0498. The van der Waals surface area contributed by atoms with Crippen molar-refractivity contribution in [1.29, 1.82) is 5.26 Å². The predicted molar refractivity (Wildman–Crippen MR) is 74.8 cm³/mol. The third-order valence-corrected chi connectivity index (χ3v) is 2.94. The maximum Gasteiger partial charge on any atom is 0.387 e. The molecule has 0 fully saturated rings. The first-order chi connectivity index (χ1) is 9.43. The molecule has 1 aromatic carbocycles. The number of halogens is 2. The number of nitrogens with one attached hydrogen (secondary N) is 1. The Bertz CT molecular complexity index is 438. The largest absolute Gasteiger partial charge is 0.435 e. The van der Waals surface area contributed by atoms with E-state index in [9.17, 15) is 8.78 Å². The Hall–Kier alpha value is -1.83. The molecule has 3 nitrogen and oxygen atoms in total. The number of ether oxygens (including phenoxy) is 1. The van der Waals surface area contributed by atoms with Crippen LogP contribution in [0.25, 0.3) is 0 Å².